The van der Waals surface area contributed by atoms with E-state index in [4.69, 9.17) is 0 Å². The van der Waals surface area contributed by atoms with E-state index in [2.05, 4.69) is 15.4 Å². The summed E-state index contributed by atoms with van der Waals surface area (Å²) in [6, 6.07) is 5.27. The first-order chi connectivity index (χ1) is 12.5. The van der Waals surface area contributed by atoms with Crippen molar-refractivity contribution >= 4 is 21.6 Å². The highest BCUT2D eigenvalue weighted by Gasteiger charge is 2.38. The smallest absolute Gasteiger partial charge is 0.241 e. The number of aryl methyl sites for hydroxylation is 1. The monoisotopic (exact) mass is 393 g/mol. The molecule has 7 heteroatoms. The molecule has 0 aromatic heterocycles. The standard InChI is InChI=1S/C20H31N3O3S/c1-13-9-10-15(12-18(13)27(25,26)23-20(2,3)4)21-19(24)17-11-14-7-5-6-8-16(14)22-17/h9-10,12,14,16-17,22-23H,5-8,11H2,1-4H3,(H,21,24). The fourth-order valence-electron chi connectivity index (χ4n) is 4.18. The minimum Gasteiger partial charge on any atom is -0.325 e. The Balaban J connectivity index is 1.73. The molecule has 1 amide bonds. The Bertz CT molecular complexity index is 800. The molecule has 3 N–H and O–H groups in total. The van der Waals surface area contributed by atoms with Crippen LogP contribution in [-0.2, 0) is 14.8 Å². The number of rotatable bonds is 4. The molecule has 3 unspecified atom stereocenters. The summed E-state index contributed by atoms with van der Waals surface area (Å²) in [5.41, 5.74) is 0.584. The fraction of sp³-hybridized carbons (Fsp3) is 0.650. The van der Waals surface area contributed by atoms with Crippen molar-refractivity contribution in [2.45, 2.75) is 82.3 Å². The molecule has 0 radical (unpaired) electrons. The Morgan fingerprint density at radius 1 is 1.19 bits per heavy atom. The van der Waals surface area contributed by atoms with Crippen LogP contribution in [0.1, 0.15) is 58.4 Å². The van der Waals surface area contributed by atoms with Crippen molar-refractivity contribution in [3.63, 3.8) is 0 Å². The zero-order valence-electron chi connectivity index (χ0n) is 16.6. The molecular formula is C20H31N3O3S. The number of hydrogen-bond acceptors (Lipinski definition) is 4. The van der Waals surface area contributed by atoms with E-state index >= 15 is 0 Å². The molecule has 0 bridgehead atoms. The fourth-order valence-corrected chi connectivity index (χ4v) is 5.87. The molecule has 1 saturated heterocycles. The van der Waals surface area contributed by atoms with E-state index in [-0.39, 0.29) is 16.8 Å². The van der Waals surface area contributed by atoms with E-state index in [1.54, 1.807) is 45.9 Å². The van der Waals surface area contributed by atoms with Gasteiger partial charge < -0.3 is 10.6 Å². The van der Waals surface area contributed by atoms with E-state index in [0.717, 1.165) is 12.8 Å². The number of sulfonamides is 1. The van der Waals surface area contributed by atoms with Crippen LogP contribution in [0.2, 0.25) is 0 Å². The summed E-state index contributed by atoms with van der Waals surface area (Å²) in [7, 11) is -3.66. The summed E-state index contributed by atoms with van der Waals surface area (Å²) in [4.78, 5) is 12.9. The van der Waals surface area contributed by atoms with Crippen molar-refractivity contribution in [3.05, 3.63) is 23.8 Å². The number of nitrogens with one attached hydrogen (secondary N) is 3. The second-order valence-corrected chi connectivity index (χ2v) is 10.6. The van der Waals surface area contributed by atoms with Gasteiger partial charge in [-0.25, -0.2) is 13.1 Å². The maximum absolute atomic E-state index is 12.7. The molecular weight excluding hydrogens is 362 g/mol. The molecule has 0 spiro atoms. The van der Waals surface area contributed by atoms with Crippen LogP contribution in [0.3, 0.4) is 0 Å². The number of hydrogen-bond donors (Lipinski definition) is 3. The molecule has 3 rings (SSSR count). The molecule has 6 nitrogen and oxygen atoms in total. The zero-order valence-corrected chi connectivity index (χ0v) is 17.4. The van der Waals surface area contributed by atoms with Gasteiger partial charge in [0.15, 0.2) is 0 Å². The number of amides is 1. The molecule has 27 heavy (non-hydrogen) atoms. The average Bonchev–Trinajstić information content (AvgIpc) is 2.98. The summed E-state index contributed by atoms with van der Waals surface area (Å²) in [5.74, 6) is 0.500. The molecule has 1 aliphatic carbocycles. The molecule has 1 heterocycles. The zero-order chi connectivity index (χ0) is 19.8. The molecule has 2 aliphatic rings. The number of carbonyl (C=O) groups is 1. The maximum atomic E-state index is 12.7. The van der Waals surface area contributed by atoms with Crippen molar-refractivity contribution in [1.82, 2.24) is 10.0 Å². The molecule has 2 fully saturated rings. The first kappa shape index (κ1) is 20.3. The Labute approximate surface area is 162 Å². The van der Waals surface area contributed by atoms with Crippen LogP contribution in [0.15, 0.2) is 23.1 Å². The number of fused-ring (bicyclic) bond motifs is 1. The van der Waals surface area contributed by atoms with Gasteiger partial charge in [0.1, 0.15) is 0 Å². The van der Waals surface area contributed by atoms with Crippen LogP contribution >= 0.6 is 0 Å². The third-order valence-corrected chi connectivity index (χ3v) is 7.26. The Kier molecular flexibility index (Phi) is 5.66. The highest BCUT2D eigenvalue weighted by atomic mass is 32.2. The van der Waals surface area contributed by atoms with Gasteiger partial charge in [-0.15, -0.1) is 0 Å². The summed E-state index contributed by atoms with van der Waals surface area (Å²) in [6.07, 6.45) is 5.66. The van der Waals surface area contributed by atoms with Crippen molar-refractivity contribution in [1.29, 1.82) is 0 Å². The average molecular weight is 394 g/mol. The van der Waals surface area contributed by atoms with Gasteiger partial charge in [0.25, 0.3) is 0 Å². The van der Waals surface area contributed by atoms with Gasteiger partial charge in [0, 0.05) is 17.3 Å². The Morgan fingerprint density at radius 3 is 2.56 bits per heavy atom. The molecule has 1 aliphatic heterocycles. The van der Waals surface area contributed by atoms with Crippen LogP contribution in [-0.4, -0.2) is 31.9 Å². The second-order valence-electron chi connectivity index (χ2n) is 8.93. The van der Waals surface area contributed by atoms with Crippen LogP contribution in [0.25, 0.3) is 0 Å². The Morgan fingerprint density at radius 2 is 1.89 bits per heavy atom. The van der Waals surface area contributed by atoms with Gasteiger partial charge in [0.2, 0.25) is 15.9 Å². The summed E-state index contributed by atoms with van der Waals surface area (Å²) < 4.78 is 28.1. The summed E-state index contributed by atoms with van der Waals surface area (Å²) in [6.45, 7) is 7.16. The lowest BCUT2D eigenvalue weighted by atomic mass is 9.85. The quantitative estimate of drug-likeness (QED) is 0.734. The summed E-state index contributed by atoms with van der Waals surface area (Å²) in [5, 5.41) is 6.36. The van der Waals surface area contributed by atoms with Gasteiger partial charge in [-0.05, 0) is 70.6 Å². The van der Waals surface area contributed by atoms with E-state index in [0.29, 0.717) is 23.2 Å². The van der Waals surface area contributed by atoms with Gasteiger partial charge in [-0.3, -0.25) is 4.79 Å². The third kappa shape index (κ3) is 4.89. The highest BCUT2D eigenvalue weighted by molar-refractivity contribution is 7.89. The first-order valence-electron chi connectivity index (χ1n) is 9.77. The third-order valence-electron chi connectivity index (χ3n) is 5.37. The normalized spacial score (nSPS) is 25.9. The molecule has 150 valence electrons. The Hall–Kier alpha value is -1.44. The lowest BCUT2D eigenvalue weighted by Gasteiger charge is -2.24. The number of anilines is 1. The lowest BCUT2D eigenvalue weighted by molar-refractivity contribution is -0.117. The highest BCUT2D eigenvalue weighted by Crippen LogP contribution is 2.33. The van der Waals surface area contributed by atoms with E-state index in [1.165, 1.54) is 19.3 Å². The van der Waals surface area contributed by atoms with Crippen LogP contribution < -0.4 is 15.4 Å². The predicted molar refractivity (Wildman–Crippen MR) is 107 cm³/mol. The molecule has 1 aromatic carbocycles. The summed E-state index contributed by atoms with van der Waals surface area (Å²) >= 11 is 0. The first-order valence-corrected chi connectivity index (χ1v) is 11.2. The van der Waals surface area contributed by atoms with Gasteiger partial charge in [0.05, 0.1) is 10.9 Å². The molecule has 3 atom stereocenters. The number of benzene rings is 1. The van der Waals surface area contributed by atoms with Gasteiger partial charge in [-0.1, -0.05) is 18.9 Å². The van der Waals surface area contributed by atoms with E-state index < -0.39 is 15.6 Å². The molecule has 1 saturated carbocycles. The van der Waals surface area contributed by atoms with Crippen LogP contribution in [0.5, 0.6) is 0 Å². The van der Waals surface area contributed by atoms with Gasteiger partial charge >= 0.3 is 0 Å². The van der Waals surface area contributed by atoms with E-state index in [9.17, 15) is 13.2 Å². The van der Waals surface area contributed by atoms with E-state index in [1.807, 2.05) is 0 Å². The SMILES string of the molecule is Cc1ccc(NC(=O)C2CC3CCCCC3N2)cc1S(=O)(=O)NC(C)(C)C. The van der Waals surface area contributed by atoms with Crippen LogP contribution in [0.4, 0.5) is 5.69 Å². The van der Waals surface area contributed by atoms with Crippen molar-refractivity contribution < 1.29 is 13.2 Å². The minimum atomic E-state index is -3.66. The van der Waals surface area contributed by atoms with Crippen molar-refractivity contribution in [2.75, 3.05) is 5.32 Å². The topological polar surface area (TPSA) is 87.3 Å². The van der Waals surface area contributed by atoms with Gasteiger partial charge in [-0.2, -0.15) is 0 Å². The second kappa shape index (κ2) is 7.53. The largest absolute Gasteiger partial charge is 0.325 e. The predicted octanol–water partition coefficient (Wildman–Crippen LogP) is 2.93. The number of carbonyl (C=O) groups excluding carboxylic acids is 1. The van der Waals surface area contributed by atoms with Crippen molar-refractivity contribution in [2.24, 2.45) is 5.92 Å². The lowest BCUT2D eigenvalue weighted by Crippen LogP contribution is -2.41. The minimum absolute atomic E-state index is 0.0830. The van der Waals surface area contributed by atoms with Crippen LogP contribution in [0, 0.1) is 12.8 Å². The maximum Gasteiger partial charge on any atom is 0.241 e. The van der Waals surface area contributed by atoms with Crippen molar-refractivity contribution in [3.8, 4) is 0 Å². The molecule has 1 aromatic rings.